The number of rotatable bonds is 6. The van der Waals surface area contributed by atoms with E-state index in [1.165, 1.54) is 0 Å². The first-order valence-electron chi connectivity index (χ1n) is 7.00. The fraction of sp³-hybridized carbons (Fsp3) is 0.235. The molecule has 0 aliphatic carbocycles. The van der Waals surface area contributed by atoms with Crippen molar-refractivity contribution in [1.82, 2.24) is 0 Å². The Kier molecular flexibility index (Phi) is 5.21. The van der Waals surface area contributed by atoms with Gasteiger partial charge in [-0.05, 0) is 55.8 Å². The van der Waals surface area contributed by atoms with Crippen molar-refractivity contribution in [2.45, 2.75) is 13.8 Å². The summed E-state index contributed by atoms with van der Waals surface area (Å²) < 4.78 is 5.37. The lowest BCUT2D eigenvalue weighted by atomic mass is 10.2. The van der Waals surface area contributed by atoms with Gasteiger partial charge in [0.1, 0.15) is 5.75 Å². The maximum absolute atomic E-state index is 11.9. The molecule has 4 nitrogen and oxygen atoms in total. The first-order chi connectivity index (χ1) is 10.2. The van der Waals surface area contributed by atoms with Gasteiger partial charge in [0.2, 0.25) is 5.91 Å². The third-order valence-corrected chi connectivity index (χ3v) is 2.92. The van der Waals surface area contributed by atoms with Crippen LogP contribution in [0, 0.1) is 6.92 Å². The second-order valence-electron chi connectivity index (χ2n) is 4.73. The van der Waals surface area contributed by atoms with Gasteiger partial charge in [-0.1, -0.05) is 12.1 Å². The third-order valence-electron chi connectivity index (χ3n) is 2.92. The molecule has 0 heterocycles. The van der Waals surface area contributed by atoms with Crippen LogP contribution in [0.5, 0.6) is 5.75 Å². The monoisotopic (exact) mass is 284 g/mol. The first-order valence-corrected chi connectivity index (χ1v) is 7.00. The number of anilines is 2. The fourth-order valence-electron chi connectivity index (χ4n) is 1.95. The SMILES string of the molecule is CCOc1ccc(NCC(=O)Nc2cccc(C)c2)cc1. The van der Waals surface area contributed by atoms with Crippen LogP contribution in [-0.4, -0.2) is 19.1 Å². The molecule has 0 atom stereocenters. The van der Waals surface area contributed by atoms with E-state index in [0.29, 0.717) is 6.61 Å². The third kappa shape index (κ3) is 4.84. The number of hydrogen-bond donors (Lipinski definition) is 2. The van der Waals surface area contributed by atoms with Gasteiger partial charge in [0.15, 0.2) is 0 Å². The van der Waals surface area contributed by atoms with Crippen LogP contribution < -0.4 is 15.4 Å². The van der Waals surface area contributed by atoms with Crippen molar-refractivity contribution in [3.8, 4) is 5.75 Å². The van der Waals surface area contributed by atoms with E-state index in [-0.39, 0.29) is 12.5 Å². The number of aryl methyl sites for hydroxylation is 1. The van der Waals surface area contributed by atoms with Crippen molar-refractivity contribution in [3.05, 3.63) is 54.1 Å². The number of hydrogen-bond acceptors (Lipinski definition) is 3. The highest BCUT2D eigenvalue weighted by molar-refractivity contribution is 5.93. The van der Waals surface area contributed by atoms with Gasteiger partial charge < -0.3 is 15.4 Å². The molecular weight excluding hydrogens is 264 g/mol. The molecule has 21 heavy (non-hydrogen) atoms. The minimum atomic E-state index is -0.0746. The molecule has 2 aromatic carbocycles. The van der Waals surface area contributed by atoms with E-state index in [2.05, 4.69) is 10.6 Å². The Labute approximate surface area is 125 Å². The number of carbonyl (C=O) groups excluding carboxylic acids is 1. The number of carbonyl (C=O) groups is 1. The Morgan fingerprint density at radius 1 is 1.10 bits per heavy atom. The van der Waals surface area contributed by atoms with Crippen LogP contribution >= 0.6 is 0 Å². The molecule has 0 unspecified atom stereocenters. The minimum absolute atomic E-state index is 0.0746. The maximum atomic E-state index is 11.9. The van der Waals surface area contributed by atoms with Crippen LogP contribution in [-0.2, 0) is 4.79 Å². The van der Waals surface area contributed by atoms with Crippen molar-refractivity contribution in [2.75, 3.05) is 23.8 Å². The number of benzene rings is 2. The van der Waals surface area contributed by atoms with E-state index in [4.69, 9.17) is 4.74 Å². The molecule has 0 radical (unpaired) electrons. The molecule has 2 rings (SSSR count). The average Bonchev–Trinajstić information content (AvgIpc) is 2.47. The van der Waals surface area contributed by atoms with Crippen LogP contribution in [0.25, 0.3) is 0 Å². The summed E-state index contributed by atoms with van der Waals surface area (Å²) in [7, 11) is 0. The zero-order valence-electron chi connectivity index (χ0n) is 12.3. The molecule has 0 saturated carbocycles. The quantitative estimate of drug-likeness (QED) is 0.854. The average molecular weight is 284 g/mol. The standard InChI is InChI=1S/C17H20N2O2/c1-3-21-16-9-7-14(8-10-16)18-12-17(20)19-15-6-4-5-13(2)11-15/h4-11,18H,3,12H2,1-2H3,(H,19,20). The van der Waals surface area contributed by atoms with Crippen LogP contribution in [0.1, 0.15) is 12.5 Å². The predicted octanol–water partition coefficient (Wildman–Crippen LogP) is 3.44. The van der Waals surface area contributed by atoms with Crippen LogP contribution in [0.2, 0.25) is 0 Å². The van der Waals surface area contributed by atoms with Gasteiger partial charge in [-0.3, -0.25) is 4.79 Å². The Balaban J connectivity index is 1.83. The normalized spacial score (nSPS) is 10.0. The highest BCUT2D eigenvalue weighted by atomic mass is 16.5. The second kappa shape index (κ2) is 7.33. The van der Waals surface area contributed by atoms with Gasteiger partial charge >= 0.3 is 0 Å². The Morgan fingerprint density at radius 2 is 1.86 bits per heavy atom. The summed E-state index contributed by atoms with van der Waals surface area (Å²) in [5, 5.41) is 5.94. The number of amides is 1. The molecule has 0 spiro atoms. The summed E-state index contributed by atoms with van der Waals surface area (Å²) >= 11 is 0. The Bertz CT molecular complexity index is 594. The van der Waals surface area contributed by atoms with Gasteiger partial charge in [-0.2, -0.15) is 0 Å². The Hall–Kier alpha value is -2.49. The van der Waals surface area contributed by atoms with Crippen molar-refractivity contribution >= 4 is 17.3 Å². The molecule has 0 fully saturated rings. The highest BCUT2D eigenvalue weighted by Gasteiger charge is 2.02. The molecular formula is C17H20N2O2. The highest BCUT2D eigenvalue weighted by Crippen LogP contribution is 2.15. The minimum Gasteiger partial charge on any atom is -0.494 e. The van der Waals surface area contributed by atoms with Gasteiger partial charge in [0, 0.05) is 11.4 Å². The van der Waals surface area contributed by atoms with Crippen LogP contribution in [0.3, 0.4) is 0 Å². The molecule has 110 valence electrons. The smallest absolute Gasteiger partial charge is 0.243 e. The molecule has 4 heteroatoms. The lowest BCUT2D eigenvalue weighted by Crippen LogP contribution is -2.21. The van der Waals surface area contributed by atoms with E-state index < -0.39 is 0 Å². The van der Waals surface area contributed by atoms with Crippen LogP contribution in [0.15, 0.2) is 48.5 Å². The largest absolute Gasteiger partial charge is 0.494 e. The van der Waals surface area contributed by atoms with E-state index in [0.717, 1.165) is 22.7 Å². The van der Waals surface area contributed by atoms with Gasteiger partial charge in [-0.25, -0.2) is 0 Å². The maximum Gasteiger partial charge on any atom is 0.243 e. The van der Waals surface area contributed by atoms with Gasteiger partial charge in [-0.15, -0.1) is 0 Å². The summed E-state index contributed by atoms with van der Waals surface area (Å²) in [5.74, 6) is 0.752. The van der Waals surface area contributed by atoms with E-state index in [1.807, 2.05) is 62.4 Å². The molecule has 0 aliphatic rings. The molecule has 0 aliphatic heterocycles. The predicted molar refractivity (Wildman–Crippen MR) is 85.9 cm³/mol. The zero-order chi connectivity index (χ0) is 15.1. The number of nitrogens with one attached hydrogen (secondary N) is 2. The summed E-state index contributed by atoms with van der Waals surface area (Å²) in [5.41, 5.74) is 2.82. The van der Waals surface area contributed by atoms with Gasteiger partial charge in [0.25, 0.3) is 0 Å². The van der Waals surface area contributed by atoms with E-state index in [9.17, 15) is 4.79 Å². The molecule has 1 amide bonds. The molecule has 0 aromatic heterocycles. The Morgan fingerprint density at radius 3 is 2.52 bits per heavy atom. The molecule has 2 aromatic rings. The van der Waals surface area contributed by atoms with Crippen molar-refractivity contribution in [3.63, 3.8) is 0 Å². The van der Waals surface area contributed by atoms with Crippen molar-refractivity contribution in [1.29, 1.82) is 0 Å². The van der Waals surface area contributed by atoms with E-state index in [1.54, 1.807) is 0 Å². The molecule has 0 saturated heterocycles. The fourth-order valence-corrected chi connectivity index (χ4v) is 1.95. The summed E-state index contributed by atoms with van der Waals surface area (Å²) in [4.78, 5) is 11.9. The lowest BCUT2D eigenvalue weighted by molar-refractivity contribution is -0.114. The lowest BCUT2D eigenvalue weighted by Gasteiger charge is -2.09. The second-order valence-corrected chi connectivity index (χ2v) is 4.73. The van der Waals surface area contributed by atoms with E-state index >= 15 is 0 Å². The molecule has 0 bridgehead atoms. The summed E-state index contributed by atoms with van der Waals surface area (Å²) in [6, 6.07) is 15.3. The summed E-state index contributed by atoms with van der Waals surface area (Å²) in [6.45, 7) is 4.81. The number of ether oxygens (including phenoxy) is 1. The van der Waals surface area contributed by atoms with Gasteiger partial charge in [0.05, 0.1) is 13.2 Å². The first kappa shape index (κ1) is 14.9. The molecule has 2 N–H and O–H groups in total. The van der Waals surface area contributed by atoms with Crippen LogP contribution in [0.4, 0.5) is 11.4 Å². The van der Waals surface area contributed by atoms with Crippen molar-refractivity contribution in [2.24, 2.45) is 0 Å². The summed E-state index contributed by atoms with van der Waals surface area (Å²) in [6.07, 6.45) is 0. The zero-order valence-corrected chi connectivity index (χ0v) is 12.3. The topological polar surface area (TPSA) is 50.4 Å². The van der Waals surface area contributed by atoms with Crippen molar-refractivity contribution < 1.29 is 9.53 Å².